The second-order valence-corrected chi connectivity index (χ2v) is 7.28. The van der Waals surface area contributed by atoms with Crippen LogP contribution in [0.2, 0.25) is 0 Å². The van der Waals surface area contributed by atoms with Gasteiger partial charge in [-0.1, -0.05) is 18.2 Å². The smallest absolute Gasteiger partial charge is 0.266 e. The fourth-order valence-corrected chi connectivity index (χ4v) is 4.08. The van der Waals surface area contributed by atoms with Crippen LogP contribution in [0.15, 0.2) is 53.6 Å². The number of benzene rings is 2. The Morgan fingerprint density at radius 3 is 2.69 bits per heavy atom. The highest BCUT2D eigenvalue weighted by Crippen LogP contribution is 2.32. The van der Waals surface area contributed by atoms with E-state index in [4.69, 9.17) is 4.74 Å². The third-order valence-electron chi connectivity index (χ3n) is 5.61. The molecule has 1 saturated heterocycles. The van der Waals surface area contributed by atoms with Crippen molar-refractivity contribution in [3.8, 4) is 5.75 Å². The summed E-state index contributed by atoms with van der Waals surface area (Å²) in [4.78, 5) is 30.9. The van der Waals surface area contributed by atoms with Crippen molar-refractivity contribution in [3.05, 3.63) is 65.4 Å². The zero-order valence-corrected chi connectivity index (χ0v) is 16.0. The average molecular weight is 388 g/mol. The van der Waals surface area contributed by atoms with E-state index in [1.54, 1.807) is 18.2 Å². The largest absolute Gasteiger partial charge is 0.497 e. The molecule has 2 aliphatic heterocycles. The van der Waals surface area contributed by atoms with Gasteiger partial charge in [0, 0.05) is 23.0 Å². The maximum atomic E-state index is 13.1. The summed E-state index contributed by atoms with van der Waals surface area (Å²) in [6.45, 7) is 0.382. The number of aromatic nitrogens is 1. The Morgan fingerprint density at radius 2 is 1.90 bits per heavy atom. The summed E-state index contributed by atoms with van der Waals surface area (Å²) < 4.78 is 5.14. The van der Waals surface area contributed by atoms with Crippen LogP contribution in [-0.4, -0.2) is 52.6 Å². The molecule has 2 amide bonds. The number of aromatic amines is 1. The van der Waals surface area contributed by atoms with E-state index in [1.165, 1.54) is 5.01 Å². The first-order chi connectivity index (χ1) is 14.1. The van der Waals surface area contributed by atoms with Gasteiger partial charge in [0.2, 0.25) is 5.91 Å². The van der Waals surface area contributed by atoms with Gasteiger partial charge in [-0.25, -0.2) is 5.01 Å². The van der Waals surface area contributed by atoms with E-state index in [-0.39, 0.29) is 18.4 Å². The van der Waals surface area contributed by atoms with Crippen molar-refractivity contribution < 1.29 is 14.3 Å². The molecule has 0 radical (unpaired) electrons. The molecule has 0 unspecified atom stereocenters. The van der Waals surface area contributed by atoms with E-state index in [1.807, 2.05) is 42.5 Å². The number of fused-ring (bicyclic) bond motifs is 4. The standard InChI is InChI=1S/C22H20N4O3/c1-29-15-8-6-14(7-9-15)11-23-26-13-21(27)25-12-19-17(10-20(25)22(26)28)16-4-2-3-5-18(16)24-19/h2-9,11,20,24H,10,12-13H2,1H3/b23-11+/t20-/m1/s1. The molecule has 0 saturated carbocycles. The molecule has 7 heteroatoms. The quantitative estimate of drug-likeness (QED) is 0.700. The van der Waals surface area contributed by atoms with Gasteiger partial charge in [-0.15, -0.1) is 0 Å². The normalized spacial score (nSPS) is 19.0. The van der Waals surface area contributed by atoms with Gasteiger partial charge in [0.15, 0.2) is 0 Å². The third kappa shape index (κ3) is 2.95. The second kappa shape index (κ2) is 6.77. The summed E-state index contributed by atoms with van der Waals surface area (Å²) in [6, 6.07) is 14.9. The molecule has 3 aromatic rings. The Bertz CT molecular complexity index is 1130. The molecule has 3 heterocycles. The monoisotopic (exact) mass is 388 g/mol. The van der Waals surface area contributed by atoms with Crippen LogP contribution < -0.4 is 4.74 Å². The van der Waals surface area contributed by atoms with Crippen LogP contribution in [-0.2, 0) is 22.6 Å². The number of hydrazone groups is 1. The molecule has 146 valence electrons. The number of hydrogen-bond donors (Lipinski definition) is 1. The molecule has 0 spiro atoms. The van der Waals surface area contributed by atoms with Gasteiger partial charge in [-0.05, 0) is 41.5 Å². The van der Waals surface area contributed by atoms with Crippen molar-refractivity contribution >= 4 is 28.9 Å². The predicted octanol–water partition coefficient (Wildman–Crippen LogP) is 2.31. The lowest BCUT2D eigenvalue weighted by atomic mass is 9.94. The van der Waals surface area contributed by atoms with Crippen LogP contribution in [0.4, 0.5) is 0 Å². The maximum Gasteiger partial charge on any atom is 0.266 e. The molecule has 7 nitrogen and oxygen atoms in total. The molecule has 2 aromatic carbocycles. The molecule has 5 rings (SSSR count). The molecule has 1 atom stereocenters. The Hall–Kier alpha value is -3.61. The number of ether oxygens (including phenoxy) is 1. The van der Waals surface area contributed by atoms with Crippen molar-refractivity contribution in [1.82, 2.24) is 14.9 Å². The van der Waals surface area contributed by atoms with E-state index in [9.17, 15) is 9.59 Å². The van der Waals surface area contributed by atoms with Gasteiger partial charge >= 0.3 is 0 Å². The third-order valence-corrected chi connectivity index (χ3v) is 5.61. The Labute approximate surface area is 167 Å². The minimum atomic E-state index is -0.518. The van der Waals surface area contributed by atoms with Crippen molar-refractivity contribution in [2.75, 3.05) is 13.7 Å². The number of amides is 2. The predicted molar refractivity (Wildman–Crippen MR) is 109 cm³/mol. The molecular weight excluding hydrogens is 368 g/mol. The highest BCUT2D eigenvalue weighted by molar-refractivity contribution is 5.97. The molecule has 0 bridgehead atoms. The first-order valence-electron chi connectivity index (χ1n) is 9.51. The topological polar surface area (TPSA) is 78.0 Å². The first-order valence-corrected chi connectivity index (χ1v) is 9.51. The number of methoxy groups -OCH3 is 1. The van der Waals surface area contributed by atoms with Crippen LogP contribution in [0, 0.1) is 0 Å². The SMILES string of the molecule is COc1ccc(/C=N/N2CC(=O)N3Cc4[nH]c5ccccc5c4C[C@@H]3C2=O)cc1. The van der Waals surface area contributed by atoms with Crippen LogP contribution in [0.5, 0.6) is 5.75 Å². The fourth-order valence-electron chi connectivity index (χ4n) is 4.08. The van der Waals surface area contributed by atoms with E-state index >= 15 is 0 Å². The number of carbonyl (C=O) groups is 2. The number of rotatable bonds is 3. The lowest BCUT2D eigenvalue weighted by molar-refractivity contribution is -0.157. The molecule has 0 aliphatic carbocycles. The van der Waals surface area contributed by atoms with E-state index in [2.05, 4.69) is 16.2 Å². The number of carbonyl (C=O) groups excluding carboxylic acids is 2. The lowest BCUT2D eigenvalue weighted by Gasteiger charge is -2.40. The zero-order chi connectivity index (χ0) is 20.0. The van der Waals surface area contributed by atoms with Gasteiger partial charge in [-0.2, -0.15) is 5.10 Å². The van der Waals surface area contributed by atoms with Gasteiger partial charge in [0.1, 0.15) is 18.3 Å². The molecule has 2 aliphatic rings. The Morgan fingerprint density at radius 1 is 1.10 bits per heavy atom. The minimum Gasteiger partial charge on any atom is -0.497 e. The Kier molecular flexibility index (Phi) is 4.08. The van der Waals surface area contributed by atoms with Crippen LogP contribution in [0.3, 0.4) is 0 Å². The van der Waals surface area contributed by atoms with Crippen molar-refractivity contribution in [1.29, 1.82) is 0 Å². The second-order valence-electron chi connectivity index (χ2n) is 7.28. The fraction of sp³-hybridized carbons (Fsp3) is 0.227. The molecule has 1 aromatic heterocycles. The van der Waals surface area contributed by atoms with Crippen molar-refractivity contribution in [3.63, 3.8) is 0 Å². The summed E-state index contributed by atoms with van der Waals surface area (Å²) in [5.41, 5.74) is 3.99. The van der Waals surface area contributed by atoms with E-state index < -0.39 is 6.04 Å². The van der Waals surface area contributed by atoms with Gasteiger partial charge in [-0.3, -0.25) is 9.59 Å². The summed E-state index contributed by atoms with van der Waals surface area (Å²) in [7, 11) is 1.61. The minimum absolute atomic E-state index is 0.0441. The van der Waals surface area contributed by atoms with Gasteiger partial charge in [0.05, 0.1) is 19.9 Å². The number of para-hydroxylation sites is 1. The van der Waals surface area contributed by atoms with Crippen molar-refractivity contribution in [2.24, 2.45) is 5.10 Å². The first kappa shape index (κ1) is 17.5. The number of nitrogens with one attached hydrogen (secondary N) is 1. The molecule has 1 fully saturated rings. The van der Waals surface area contributed by atoms with Crippen LogP contribution in [0.1, 0.15) is 16.8 Å². The highest BCUT2D eigenvalue weighted by Gasteiger charge is 2.43. The lowest BCUT2D eigenvalue weighted by Crippen LogP contribution is -2.60. The zero-order valence-electron chi connectivity index (χ0n) is 16.0. The summed E-state index contributed by atoms with van der Waals surface area (Å²) in [6.07, 6.45) is 2.10. The van der Waals surface area contributed by atoms with Gasteiger partial charge in [0.25, 0.3) is 5.91 Å². The number of H-pyrrole nitrogens is 1. The highest BCUT2D eigenvalue weighted by atomic mass is 16.5. The van der Waals surface area contributed by atoms with Gasteiger partial charge < -0.3 is 14.6 Å². The molecular formula is C22H20N4O3. The number of nitrogens with zero attached hydrogens (tertiary/aromatic N) is 3. The van der Waals surface area contributed by atoms with Crippen LogP contribution >= 0.6 is 0 Å². The number of piperazine rings is 1. The summed E-state index contributed by atoms with van der Waals surface area (Å²) >= 11 is 0. The van der Waals surface area contributed by atoms with E-state index in [0.717, 1.165) is 33.5 Å². The maximum absolute atomic E-state index is 13.1. The van der Waals surface area contributed by atoms with E-state index in [0.29, 0.717) is 13.0 Å². The summed E-state index contributed by atoms with van der Waals surface area (Å²) in [5.74, 6) is 0.509. The molecule has 29 heavy (non-hydrogen) atoms. The molecule has 1 N–H and O–H groups in total. The average Bonchev–Trinajstić information content (AvgIpc) is 3.12. The summed E-state index contributed by atoms with van der Waals surface area (Å²) in [5, 5.41) is 6.70. The number of hydrogen-bond acceptors (Lipinski definition) is 4. The van der Waals surface area contributed by atoms with Crippen LogP contribution in [0.25, 0.3) is 10.9 Å². The van der Waals surface area contributed by atoms with Crippen molar-refractivity contribution in [2.45, 2.75) is 19.0 Å². The Balaban J connectivity index is 1.41.